The third kappa shape index (κ3) is 1.80. The molecule has 1 unspecified atom stereocenters. The predicted molar refractivity (Wildman–Crippen MR) is 69.9 cm³/mol. The summed E-state index contributed by atoms with van der Waals surface area (Å²) in [7, 11) is 0. The zero-order chi connectivity index (χ0) is 11.0. The lowest BCUT2D eigenvalue weighted by atomic mass is 9.77. The van der Waals surface area contributed by atoms with Crippen molar-refractivity contribution in [3.05, 3.63) is 41.5 Å². The molecular weight excluding hydrogens is 216 g/mol. The molecular formula is C15H17Cl. The lowest BCUT2D eigenvalue weighted by Gasteiger charge is -2.28. The van der Waals surface area contributed by atoms with E-state index in [1.165, 1.54) is 30.4 Å². The van der Waals surface area contributed by atoms with Crippen molar-refractivity contribution in [3.8, 4) is 0 Å². The summed E-state index contributed by atoms with van der Waals surface area (Å²) >= 11 is 6.16. The van der Waals surface area contributed by atoms with Gasteiger partial charge in [-0.15, -0.1) is 11.6 Å². The van der Waals surface area contributed by atoms with Crippen LogP contribution < -0.4 is 0 Å². The van der Waals surface area contributed by atoms with Crippen molar-refractivity contribution in [3.63, 3.8) is 0 Å². The summed E-state index contributed by atoms with van der Waals surface area (Å²) in [6.45, 7) is 0. The van der Waals surface area contributed by atoms with E-state index in [-0.39, 0.29) is 5.38 Å². The van der Waals surface area contributed by atoms with Crippen LogP contribution in [-0.2, 0) is 0 Å². The molecule has 0 N–H and O–H groups in total. The van der Waals surface area contributed by atoms with E-state index in [2.05, 4.69) is 30.3 Å². The first-order valence-corrected chi connectivity index (χ1v) is 6.72. The monoisotopic (exact) mass is 232 g/mol. The molecule has 2 aliphatic rings. The third-order valence-corrected chi connectivity index (χ3v) is 4.27. The Hall–Kier alpha value is -0.750. The summed E-state index contributed by atoms with van der Waals surface area (Å²) in [6.07, 6.45) is 8.65. The summed E-state index contributed by atoms with van der Waals surface area (Å²) in [5.74, 6) is 0.812. The van der Waals surface area contributed by atoms with Crippen LogP contribution in [0, 0.1) is 0 Å². The van der Waals surface area contributed by atoms with Crippen LogP contribution in [-0.4, -0.2) is 5.38 Å². The van der Waals surface area contributed by atoms with Gasteiger partial charge in [-0.05, 0) is 48.3 Å². The van der Waals surface area contributed by atoms with Crippen molar-refractivity contribution < 1.29 is 0 Å². The number of alkyl halides is 1. The van der Waals surface area contributed by atoms with Gasteiger partial charge in [0.05, 0.1) is 5.38 Å². The molecule has 2 aliphatic carbocycles. The number of halogens is 1. The molecule has 0 aliphatic heterocycles. The molecule has 1 aromatic carbocycles. The molecule has 3 rings (SSSR count). The average molecular weight is 233 g/mol. The minimum absolute atomic E-state index is 0.254. The maximum Gasteiger partial charge on any atom is 0.0525 e. The molecule has 0 amide bonds. The van der Waals surface area contributed by atoms with Gasteiger partial charge in [-0.3, -0.25) is 0 Å². The molecule has 16 heavy (non-hydrogen) atoms. The van der Waals surface area contributed by atoms with E-state index in [9.17, 15) is 0 Å². The Morgan fingerprint density at radius 1 is 1.06 bits per heavy atom. The molecule has 1 heteroatoms. The van der Waals surface area contributed by atoms with Crippen LogP contribution in [0.1, 0.15) is 49.1 Å². The lowest BCUT2D eigenvalue weighted by molar-refractivity contribution is 0.419. The first kappa shape index (κ1) is 10.4. The maximum absolute atomic E-state index is 6.16. The normalized spacial score (nSPS) is 25.3. The zero-order valence-electron chi connectivity index (χ0n) is 9.45. The van der Waals surface area contributed by atoms with Gasteiger partial charge in [0.1, 0.15) is 0 Å². The number of rotatable bonds is 2. The maximum atomic E-state index is 6.16. The van der Waals surface area contributed by atoms with Gasteiger partial charge in [0.25, 0.3) is 0 Å². The molecule has 1 atom stereocenters. The Bertz CT molecular complexity index is 415. The SMILES string of the molecule is ClC1C=C(c2ccccc2C2CCC2)CC1. The number of benzene rings is 1. The fourth-order valence-electron chi connectivity index (χ4n) is 2.77. The minimum atomic E-state index is 0.254. The van der Waals surface area contributed by atoms with Crippen LogP contribution in [0.3, 0.4) is 0 Å². The molecule has 0 spiro atoms. The van der Waals surface area contributed by atoms with Crippen molar-refractivity contribution in [2.75, 3.05) is 0 Å². The number of allylic oxidation sites excluding steroid dienone is 2. The quantitative estimate of drug-likeness (QED) is 0.647. The molecule has 0 aromatic heterocycles. The van der Waals surface area contributed by atoms with Crippen LogP contribution in [0.25, 0.3) is 5.57 Å². The van der Waals surface area contributed by atoms with E-state index in [4.69, 9.17) is 11.6 Å². The van der Waals surface area contributed by atoms with E-state index >= 15 is 0 Å². The van der Waals surface area contributed by atoms with Crippen molar-refractivity contribution in [1.29, 1.82) is 0 Å². The van der Waals surface area contributed by atoms with E-state index in [0.29, 0.717) is 0 Å². The Labute approximate surface area is 102 Å². The summed E-state index contributed by atoms with van der Waals surface area (Å²) in [5.41, 5.74) is 4.50. The average Bonchev–Trinajstić information content (AvgIpc) is 2.63. The first-order valence-electron chi connectivity index (χ1n) is 6.28. The molecule has 1 fully saturated rings. The van der Waals surface area contributed by atoms with Crippen LogP contribution in [0.4, 0.5) is 0 Å². The fourth-order valence-corrected chi connectivity index (χ4v) is 3.03. The standard InChI is InChI=1S/C15H17Cl/c16-13-9-8-12(10-13)15-7-2-1-6-14(15)11-4-3-5-11/h1-2,6-7,10-11,13H,3-5,8-9H2. The van der Waals surface area contributed by atoms with Crippen LogP contribution in [0.2, 0.25) is 0 Å². The first-order chi connectivity index (χ1) is 7.84. The predicted octanol–water partition coefficient (Wildman–Crippen LogP) is 4.74. The van der Waals surface area contributed by atoms with Gasteiger partial charge < -0.3 is 0 Å². The number of hydrogen-bond donors (Lipinski definition) is 0. The molecule has 84 valence electrons. The van der Waals surface area contributed by atoms with Crippen LogP contribution in [0.5, 0.6) is 0 Å². The summed E-state index contributed by atoms with van der Waals surface area (Å²) < 4.78 is 0. The highest BCUT2D eigenvalue weighted by Crippen LogP contribution is 2.42. The Kier molecular flexibility index (Phi) is 2.77. The molecule has 0 saturated heterocycles. The van der Waals surface area contributed by atoms with Crippen molar-refractivity contribution in [2.45, 2.75) is 43.4 Å². The summed E-state index contributed by atoms with van der Waals surface area (Å²) in [6, 6.07) is 8.90. The van der Waals surface area contributed by atoms with Gasteiger partial charge in [0.2, 0.25) is 0 Å². The summed E-state index contributed by atoms with van der Waals surface area (Å²) in [5, 5.41) is 0.254. The van der Waals surface area contributed by atoms with Crippen LogP contribution in [0.15, 0.2) is 30.3 Å². The molecule has 0 nitrogen and oxygen atoms in total. The largest absolute Gasteiger partial charge is 0.118 e. The topological polar surface area (TPSA) is 0 Å². The summed E-state index contributed by atoms with van der Waals surface area (Å²) in [4.78, 5) is 0. The molecule has 0 radical (unpaired) electrons. The smallest absolute Gasteiger partial charge is 0.0525 e. The second kappa shape index (κ2) is 4.25. The van der Waals surface area contributed by atoms with Gasteiger partial charge >= 0.3 is 0 Å². The Balaban J connectivity index is 1.96. The van der Waals surface area contributed by atoms with Gasteiger partial charge in [-0.2, -0.15) is 0 Å². The highest BCUT2D eigenvalue weighted by atomic mass is 35.5. The van der Waals surface area contributed by atoms with Crippen molar-refractivity contribution in [2.24, 2.45) is 0 Å². The van der Waals surface area contributed by atoms with E-state index in [0.717, 1.165) is 18.8 Å². The van der Waals surface area contributed by atoms with Crippen molar-refractivity contribution in [1.82, 2.24) is 0 Å². The van der Waals surface area contributed by atoms with Gasteiger partial charge in [-0.1, -0.05) is 36.8 Å². The van der Waals surface area contributed by atoms with Gasteiger partial charge in [0.15, 0.2) is 0 Å². The molecule has 0 heterocycles. The van der Waals surface area contributed by atoms with E-state index < -0.39 is 0 Å². The fraction of sp³-hybridized carbons (Fsp3) is 0.467. The molecule has 1 aromatic rings. The molecule has 0 bridgehead atoms. The van der Waals surface area contributed by atoms with Crippen LogP contribution >= 0.6 is 11.6 Å². The second-order valence-corrected chi connectivity index (χ2v) is 5.52. The number of hydrogen-bond acceptors (Lipinski definition) is 0. The second-order valence-electron chi connectivity index (χ2n) is 4.96. The van der Waals surface area contributed by atoms with Gasteiger partial charge in [-0.25, -0.2) is 0 Å². The molecule has 1 saturated carbocycles. The van der Waals surface area contributed by atoms with Crippen molar-refractivity contribution >= 4 is 17.2 Å². The highest BCUT2D eigenvalue weighted by molar-refractivity contribution is 6.22. The third-order valence-electron chi connectivity index (χ3n) is 3.92. The Morgan fingerprint density at radius 2 is 1.88 bits per heavy atom. The highest BCUT2D eigenvalue weighted by Gasteiger charge is 2.24. The minimum Gasteiger partial charge on any atom is -0.118 e. The lowest BCUT2D eigenvalue weighted by Crippen LogP contribution is -2.10. The Morgan fingerprint density at radius 3 is 2.50 bits per heavy atom. The van der Waals surface area contributed by atoms with E-state index in [1.807, 2.05) is 0 Å². The van der Waals surface area contributed by atoms with E-state index in [1.54, 1.807) is 5.56 Å². The zero-order valence-corrected chi connectivity index (χ0v) is 10.2. The van der Waals surface area contributed by atoms with Gasteiger partial charge in [0, 0.05) is 0 Å².